The molecule has 5 nitrogen and oxygen atoms in total. The average Bonchev–Trinajstić information content (AvgIpc) is 3.03. The van der Waals surface area contributed by atoms with Gasteiger partial charge in [-0.15, -0.1) is 10.2 Å². The van der Waals surface area contributed by atoms with E-state index in [-0.39, 0.29) is 0 Å². The minimum absolute atomic E-state index is 0.447. The lowest BCUT2D eigenvalue weighted by Crippen LogP contribution is -2.00. The number of anilines is 1. The van der Waals surface area contributed by atoms with E-state index in [0.29, 0.717) is 24.1 Å². The summed E-state index contributed by atoms with van der Waals surface area (Å²) in [6.45, 7) is 2.50. The normalized spacial score (nSPS) is 10.6. The van der Waals surface area contributed by atoms with E-state index in [0.717, 1.165) is 15.7 Å². The Labute approximate surface area is 142 Å². The first kappa shape index (κ1) is 15.6. The maximum atomic E-state index is 5.72. The molecule has 6 heteroatoms. The molecule has 0 fully saturated rings. The van der Waals surface area contributed by atoms with Gasteiger partial charge in [-0.3, -0.25) is 0 Å². The summed E-state index contributed by atoms with van der Waals surface area (Å²) in [6.07, 6.45) is 0. The molecule has 0 aliphatic rings. The summed E-state index contributed by atoms with van der Waals surface area (Å²) in [4.78, 5) is 0. The maximum Gasteiger partial charge on any atom is 0.251 e. The van der Waals surface area contributed by atoms with Crippen molar-refractivity contribution >= 4 is 21.6 Å². The molecule has 0 saturated heterocycles. The summed E-state index contributed by atoms with van der Waals surface area (Å²) in [7, 11) is 1.62. The lowest BCUT2D eigenvalue weighted by molar-refractivity contribution is 0.413. The van der Waals surface area contributed by atoms with E-state index in [1.165, 1.54) is 5.56 Å². The van der Waals surface area contributed by atoms with E-state index < -0.39 is 0 Å². The summed E-state index contributed by atoms with van der Waals surface area (Å²) in [6, 6.07) is 13.7. The third-order valence-electron chi connectivity index (χ3n) is 3.36. The summed E-state index contributed by atoms with van der Waals surface area (Å²) < 4.78 is 12.0. The number of ether oxygens (including phenoxy) is 1. The smallest absolute Gasteiger partial charge is 0.251 e. The Kier molecular flexibility index (Phi) is 4.62. The van der Waals surface area contributed by atoms with Crippen LogP contribution in [0.3, 0.4) is 0 Å². The van der Waals surface area contributed by atoms with Crippen molar-refractivity contribution in [3.63, 3.8) is 0 Å². The van der Waals surface area contributed by atoms with Crippen molar-refractivity contribution < 1.29 is 9.15 Å². The zero-order valence-electron chi connectivity index (χ0n) is 12.8. The van der Waals surface area contributed by atoms with Crippen LogP contribution in [-0.2, 0) is 6.54 Å². The number of methoxy groups -OCH3 is 1. The Balaban J connectivity index is 1.75. The molecule has 3 rings (SSSR count). The molecule has 23 heavy (non-hydrogen) atoms. The highest BCUT2D eigenvalue weighted by molar-refractivity contribution is 9.10. The molecule has 0 aliphatic carbocycles. The van der Waals surface area contributed by atoms with Crippen LogP contribution in [0.5, 0.6) is 5.75 Å². The first-order valence-electron chi connectivity index (χ1n) is 7.13. The fourth-order valence-electron chi connectivity index (χ4n) is 2.19. The van der Waals surface area contributed by atoms with E-state index in [4.69, 9.17) is 9.15 Å². The number of rotatable bonds is 5. The van der Waals surface area contributed by atoms with E-state index in [2.05, 4.69) is 37.5 Å². The van der Waals surface area contributed by atoms with Crippen LogP contribution in [0.15, 0.2) is 51.4 Å². The monoisotopic (exact) mass is 373 g/mol. The van der Waals surface area contributed by atoms with Gasteiger partial charge in [-0.05, 0) is 52.7 Å². The van der Waals surface area contributed by atoms with Gasteiger partial charge in [-0.1, -0.05) is 18.2 Å². The van der Waals surface area contributed by atoms with Gasteiger partial charge >= 0.3 is 0 Å². The van der Waals surface area contributed by atoms with Crippen molar-refractivity contribution in [2.75, 3.05) is 12.4 Å². The molecule has 1 aromatic heterocycles. The number of nitrogens with zero attached hydrogens (tertiary/aromatic N) is 2. The van der Waals surface area contributed by atoms with Gasteiger partial charge in [0.15, 0.2) is 0 Å². The van der Waals surface area contributed by atoms with Gasteiger partial charge in [0.2, 0.25) is 5.89 Å². The van der Waals surface area contributed by atoms with Crippen LogP contribution >= 0.6 is 15.9 Å². The first-order chi connectivity index (χ1) is 11.2. The van der Waals surface area contributed by atoms with Gasteiger partial charge in [-0.25, -0.2) is 0 Å². The van der Waals surface area contributed by atoms with Gasteiger partial charge in [0.05, 0.1) is 19.2 Å². The third-order valence-corrected chi connectivity index (χ3v) is 4.01. The third kappa shape index (κ3) is 3.53. The van der Waals surface area contributed by atoms with Gasteiger partial charge in [-0.2, -0.15) is 0 Å². The SMILES string of the molecule is COc1ccccc1-c1nnc(CNc2ccc(C)cc2Br)o1. The minimum Gasteiger partial charge on any atom is -0.496 e. The predicted octanol–water partition coefficient (Wildman–Crippen LogP) is 4.43. The quantitative estimate of drug-likeness (QED) is 0.716. The van der Waals surface area contributed by atoms with Crippen molar-refractivity contribution in [3.8, 4) is 17.2 Å². The van der Waals surface area contributed by atoms with Gasteiger partial charge < -0.3 is 14.5 Å². The first-order valence-corrected chi connectivity index (χ1v) is 7.92. The molecule has 3 aromatic rings. The number of benzene rings is 2. The van der Waals surface area contributed by atoms with E-state index in [9.17, 15) is 0 Å². The molecule has 0 atom stereocenters. The van der Waals surface area contributed by atoms with E-state index >= 15 is 0 Å². The zero-order chi connectivity index (χ0) is 16.2. The highest BCUT2D eigenvalue weighted by Gasteiger charge is 2.13. The lowest BCUT2D eigenvalue weighted by atomic mass is 10.2. The Morgan fingerprint density at radius 1 is 1.17 bits per heavy atom. The number of aryl methyl sites for hydroxylation is 1. The van der Waals surface area contributed by atoms with Crippen LogP contribution in [0, 0.1) is 6.92 Å². The molecular formula is C17H16BrN3O2. The van der Waals surface area contributed by atoms with Crippen molar-refractivity contribution in [2.24, 2.45) is 0 Å². The van der Waals surface area contributed by atoms with E-state index in [1.54, 1.807) is 7.11 Å². The average molecular weight is 374 g/mol. The minimum atomic E-state index is 0.447. The van der Waals surface area contributed by atoms with Crippen LogP contribution in [0.4, 0.5) is 5.69 Å². The molecule has 0 radical (unpaired) electrons. The van der Waals surface area contributed by atoms with Crippen LogP contribution < -0.4 is 10.1 Å². The number of aromatic nitrogens is 2. The second-order valence-corrected chi connectivity index (χ2v) is 5.89. The lowest BCUT2D eigenvalue weighted by Gasteiger charge is -2.07. The van der Waals surface area contributed by atoms with Crippen molar-refractivity contribution in [1.82, 2.24) is 10.2 Å². The van der Waals surface area contributed by atoms with Crippen LogP contribution in [0.1, 0.15) is 11.5 Å². The Hall–Kier alpha value is -2.34. The van der Waals surface area contributed by atoms with Crippen LogP contribution in [-0.4, -0.2) is 17.3 Å². The fourth-order valence-corrected chi connectivity index (χ4v) is 2.82. The molecule has 0 aliphatic heterocycles. The van der Waals surface area contributed by atoms with Crippen LogP contribution in [0.25, 0.3) is 11.5 Å². The predicted molar refractivity (Wildman–Crippen MR) is 92.5 cm³/mol. The summed E-state index contributed by atoms with van der Waals surface area (Å²) in [5.74, 6) is 1.66. The van der Waals surface area contributed by atoms with Crippen LogP contribution in [0.2, 0.25) is 0 Å². The summed E-state index contributed by atoms with van der Waals surface area (Å²) in [5.41, 5.74) is 2.96. The van der Waals surface area contributed by atoms with Gasteiger partial charge in [0.1, 0.15) is 5.75 Å². The number of hydrogen-bond acceptors (Lipinski definition) is 5. The Morgan fingerprint density at radius 2 is 2.00 bits per heavy atom. The van der Waals surface area contributed by atoms with E-state index in [1.807, 2.05) is 43.3 Å². The molecule has 0 amide bonds. The topological polar surface area (TPSA) is 60.2 Å². The fraction of sp³-hybridized carbons (Fsp3) is 0.176. The molecule has 2 aromatic carbocycles. The zero-order valence-corrected chi connectivity index (χ0v) is 14.4. The molecule has 0 unspecified atom stereocenters. The number of halogens is 1. The largest absolute Gasteiger partial charge is 0.496 e. The summed E-state index contributed by atoms with van der Waals surface area (Å²) >= 11 is 3.54. The molecular weight excluding hydrogens is 358 g/mol. The molecule has 0 saturated carbocycles. The number of hydrogen-bond donors (Lipinski definition) is 1. The number of para-hydroxylation sites is 1. The van der Waals surface area contributed by atoms with Crippen molar-refractivity contribution in [1.29, 1.82) is 0 Å². The molecule has 1 heterocycles. The Bertz CT molecular complexity index is 817. The second-order valence-electron chi connectivity index (χ2n) is 5.04. The second kappa shape index (κ2) is 6.83. The molecule has 0 bridgehead atoms. The number of nitrogens with one attached hydrogen (secondary N) is 1. The van der Waals surface area contributed by atoms with Gasteiger partial charge in [0.25, 0.3) is 5.89 Å². The van der Waals surface area contributed by atoms with Crippen molar-refractivity contribution in [2.45, 2.75) is 13.5 Å². The molecule has 0 spiro atoms. The standard InChI is InChI=1S/C17H16BrN3O2/c1-11-7-8-14(13(18)9-11)19-10-16-20-21-17(23-16)12-5-3-4-6-15(12)22-2/h3-9,19H,10H2,1-2H3. The maximum absolute atomic E-state index is 5.72. The summed E-state index contributed by atoms with van der Waals surface area (Å²) in [5, 5.41) is 11.5. The molecule has 1 N–H and O–H groups in total. The molecule has 118 valence electrons. The van der Waals surface area contributed by atoms with Gasteiger partial charge in [0, 0.05) is 10.2 Å². The highest BCUT2D eigenvalue weighted by Crippen LogP contribution is 2.29. The van der Waals surface area contributed by atoms with Crippen molar-refractivity contribution in [3.05, 3.63) is 58.4 Å². The Morgan fingerprint density at radius 3 is 2.78 bits per heavy atom. The highest BCUT2D eigenvalue weighted by atomic mass is 79.9.